The fraction of sp³-hybridized carbons (Fsp3) is 0.214. The molecule has 0 radical (unpaired) electrons. The Balaban J connectivity index is 2.09. The van der Waals surface area contributed by atoms with Gasteiger partial charge < -0.3 is 5.32 Å². The molecule has 0 saturated carbocycles. The Morgan fingerprint density at radius 2 is 1.88 bits per heavy atom. The smallest absolute Gasteiger partial charge is 0.0422 e. The van der Waals surface area contributed by atoms with Crippen LogP contribution in [0.4, 0.5) is 5.69 Å². The Morgan fingerprint density at radius 1 is 1.06 bits per heavy atom. The van der Waals surface area contributed by atoms with Crippen molar-refractivity contribution in [2.75, 3.05) is 5.32 Å². The van der Waals surface area contributed by atoms with Crippen LogP contribution in [0.2, 0.25) is 0 Å². The predicted octanol–water partition coefficient (Wildman–Crippen LogP) is 3.31. The fourth-order valence-electron chi connectivity index (χ4n) is 1.67. The maximum Gasteiger partial charge on any atom is 0.0422 e. The van der Waals surface area contributed by atoms with E-state index in [2.05, 4.69) is 41.5 Å². The van der Waals surface area contributed by atoms with Gasteiger partial charge in [0, 0.05) is 24.1 Å². The highest BCUT2D eigenvalue weighted by Gasteiger charge is 1.99. The number of nitrogens with one attached hydrogen (secondary N) is 1. The average molecular weight is 212 g/mol. The highest BCUT2D eigenvalue weighted by molar-refractivity contribution is 5.50. The van der Waals surface area contributed by atoms with Crippen molar-refractivity contribution in [1.82, 2.24) is 4.98 Å². The number of rotatable bonds is 3. The summed E-state index contributed by atoms with van der Waals surface area (Å²) in [5.74, 6) is 0. The van der Waals surface area contributed by atoms with Gasteiger partial charge in [0.25, 0.3) is 0 Å². The van der Waals surface area contributed by atoms with Gasteiger partial charge in [0.2, 0.25) is 0 Å². The first-order chi connectivity index (χ1) is 7.77. The Kier molecular flexibility index (Phi) is 3.20. The first-order valence-corrected chi connectivity index (χ1v) is 5.47. The Morgan fingerprint density at radius 3 is 2.62 bits per heavy atom. The van der Waals surface area contributed by atoms with E-state index in [1.165, 1.54) is 16.8 Å². The number of hydrogen-bond donors (Lipinski definition) is 1. The number of anilines is 1. The standard InChI is InChI=1S/C14H16N2/c1-11-6-3-4-8-14(11)16-10-13-7-5-9-15-12(13)2/h3-9,16H,10H2,1-2H3. The van der Waals surface area contributed by atoms with E-state index in [-0.39, 0.29) is 0 Å². The molecule has 0 fully saturated rings. The number of aryl methyl sites for hydroxylation is 2. The van der Waals surface area contributed by atoms with Gasteiger partial charge in [-0.2, -0.15) is 0 Å². The van der Waals surface area contributed by atoms with E-state index in [4.69, 9.17) is 0 Å². The number of nitrogens with zero attached hydrogens (tertiary/aromatic N) is 1. The molecule has 0 aliphatic rings. The van der Waals surface area contributed by atoms with Gasteiger partial charge in [0.15, 0.2) is 0 Å². The summed E-state index contributed by atoms with van der Waals surface area (Å²) in [6, 6.07) is 12.4. The van der Waals surface area contributed by atoms with Gasteiger partial charge in [-0.1, -0.05) is 24.3 Å². The molecule has 0 spiro atoms. The Hall–Kier alpha value is -1.83. The second-order valence-corrected chi connectivity index (χ2v) is 3.92. The van der Waals surface area contributed by atoms with E-state index in [1.807, 2.05) is 25.3 Å². The number of benzene rings is 1. The van der Waals surface area contributed by atoms with E-state index in [0.29, 0.717) is 0 Å². The first kappa shape index (κ1) is 10.7. The molecular weight excluding hydrogens is 196 g/mol. The molecule has 0 saturated heterocycles. The largest absolute Gasteiger partial charge is 0.381 e. The number of para-hydroxylation sites is 1. The van der Waals surface area contributed by atoms with Crippen molar-refractivity contribution < 1.29 is 0 Å². The van der Waals surface area contributed by atoms with Gasteiger partial charge >= 0.3 is 0 Å². The Labute approximate surface area is 96.4 Å². The number of hydrogen-bond acceptors (Lipinski definition) is 2. The third-order valence-corrected chi connectivity index (χ3v) is 2.73. The molecule has 0 atom stereocenters. The maximum atomic E-state index is 4.27. The van der Waals surface area contributed by atoms with E-state index in [9.17, 15) is 0 Å². The lowest BCUT2D eigenvalue weighted by Crippen LogP contribution is -2.03. The van der Waals surface area contributed by atoms with Gasteiger partial charge in [0.05, 0.1) is 0 Å². The SMILES string of the molecule is Cc1ccccc1NCc1cccnc1C. The van der Waals surface area contributed by atoms with Crippen molar-refractivity contribution in [2.24, 2.45) is 0 Å². The summed E-state index contributed by atoms with van der Waals surface area (Å²) in [5, 5.41) is 3.43. The molecule has 0 unspecified atom stereocenters. The molecule has 1 N–H and O–H groups in total. The predicted molar refractivity (Wildman–Crippen MR) is 67.5 cm³/mol. The molecule has 16 heavy (non-hydrogen) atoms. The molecule has 1 aromatic heterocycles. The average Bonchev–Trinajstić information content (AvgIpc) is 2.30. The van der Waals surface area contributed by atoms with Gasteiger partial charge in [-0.3, -0.25) is 4.98 Å². The third kappa shape index (κ3) is 2.40. The zero-order valence-corrected chi connectivity index (χ0v) is 9.70. The molecule has 0 aliphatic heterocycles. The molecule has 0 aliphatic carbocycles. The quantitative estimate of drug-likeness (QED) is 0.844. The van der Waals surface area contributed by atoms with Crippen molar-refractivity contribution in [1.29, 1.82) is 0 Å². The van der Waals surface area contributed by atoms with Crippen LogP contribution in [0, 0.1) is 13.8 Å². The van der Waals surface area contributed by atoms with Gasteiger partial charge in [-0.25, -0.2) is 0 Å². The second-order valence-electron chi connectivity index (χ2n) is 3.92. The maximum absolute atomic E-state index is 4.27. The molecule has 2 rings (SSSR count). The van der Waals surface area contributed by atoms with Gasteiger partial charge in [0.1, 0.15) is 0 Å². The summed E-state index contributed by atoms with van der Waals surface area (Å²) in [6.07, 6.45) is 1.83. The Bertz CT molecular complexity index is 432. The van der Waals surface area contributed by atoms with Crippen LogP contribution < -0.4 is 5.32 Å². The van der Waals surface area contributed by atoms with Crippen molar-refractivity contribution in [2.45, 2.75) is 20.4 Å². The molecular formula is C14H16N2. The summed E-state index contributed by atoms with van der Waals surface area (Å²) in [4.78, 5) is 4.27. The molecule has 82 valence electrons. The monoisotopic (exact) mass is 212 g/mol. The van der Waals surface area contributed by atoms with Gasteiger partial charge in [-0.15, -0.1) is 0 Å². The lowest BCUT2D eigenvalue weighted by molar-refractivity contribution is 1.05. The molecule has 2 aromatic rings. The molecule has 1 heterocycles. The van der Waals surface area contributed by atoms with Crippen LogP contribution in [0.1, 0.15) is 16.8 Å². The van der Waals surface area contributed by atoms with Crippen LogP contribution in [0.3, 0.4) is 0 Å². The number of aromatic nitrogens is 1. The van der Waals surface area contributed by atoms with Crippen LogP contribution in [0.5, 0.6) is 0 Å². The van der Waals surface area contributed by atoms with Gasteiger partial charge in [-0.05, 0) is 37.1 Å². The lowest BCUT2D eigenvalue weighted by atomic mass is 10.1. The van der Waals surface area contributed by atoms with Crippen molar-refractivity contribution in [3.8, 4) is 0 Å². The first-order valence-electron chi connectivity index (χ1n) is 5.47. The molecule has 1 aromatic carbocycles. The van der Waals surface area contributed by atoms with Crippen LogP contribution in [0.25, 0.3) is 0 Å². The minimum Gasteiger partial charge on any atom is -0.381 e. The van der Waals surface area contributed by atoms with Crippen LogP contribution in [0.15, 0.2) is 42.6 Å². The van der Waals surface area contributed by atoms with Crippen molar-refractivity contribution >= 4 is 5.69 Å². The van der Waals surface area contributed by atoms with E-state index in [1.54, 1.807) is 0 Å². The van der Waals surface area contributed by atoms with Crippen LogP contribution in [-0.4, -0.2) is 4.98 Å². The second kappa shape index (κ2) is 4.79. The summed E-state index contributed by atoms with van der Waals surface area (Å²) in [5.41, 5.74) is 4.78. The van der Waals surface area contributed by atoms with Crippen LogP contribution >= 0.6 is 0 Å². The summed E-state index contributed by atoms with van der Waals surface area (Å²) in [6.45, 7) is 4.97. The highest BCUT2D eigenvalue weighted by atomic mass is 14.9. The van der Waals surface area contributed by atoms with E-state index < -0.39 is 0 Å². The molecule has 2 nitrogen and oxygen atoms in total. The highest BCUT2D eigenvalue weighted by Crippen LogP contribution is 2.15. The minimum atomic E-state index is 0.824. The summed E-state index contributed by atoms with van der Waals surface area (Å²) in [7, 11) is 0. The number of pyridine rings is 1. The zero-order chi connectivity index (χ0) is 11.4. The molecule has 0 amide bonds. The third-order valence-electron chi connectivity index (χ3n) is 2.73. The van der Waals surface area contributed by atoms with Crippen molar-refractivity contribution in [3.05, 3.63) is 59.4 Å². The topological polar surface area (TPSA) is 24.9 Å². The van der Waals surface area contributed by atoms with E-state index >= 15 is 0 Å². The normalized spacial score (nSPS) is 10.1. The lowest BCUT2D eigenvalue weighted by Gasteiger charge is -2.10. The molecule has 0 bridgehead atoms. The minimum absolute atomic E-state index is 0.824. The van der Waals surface area contributed by atoms with E-state index in [0.717, 1.165) is 12.2 Å². The summed E-state index contributed by atoms with van der Waals surface area (Å²) < 4.78 is 0. The zero-order valence-electron chi connectivity index (χ0n) is 9.70. The van der Waals surface area contributed by atoms with Crippen molar-refractivity contribution in [3.63, 3.8) is 0 Å². The summed E-state index contributed by atoms with van der Waals surface area (Å²) >= 11 is 0. The van der Waals surface area contributed by atoms with Crippen LogP contribution in [-0.2, 0) is 6.54 Å². The molecule has 2 heteroatoms. The fourth-order valence-corrected chi connectivity index (χ4v) is 1.67.